The first-order valence-electron chi connectivity index (χ1n) is 5.44. The molecule has 0 aromatic carbocycles. The van der Waals surface area contributed by atoms with E-state index in [4.69, 9.17) is 0 Å². The van der Waals surface area contributed by atoms with Gasteiger partial charge in [0.05, 0.1) is 11.9 Å². The van der Waals surface area contributed by atoms with Crippen LogP contribution >= 0.6 is 0 Å². The minimum Gasteiger partial charge on any atom is -0.382 e. The van der Waals surface area contributed by atoms with Crippen LogP contribution in [0.3, 0.4) is 0 Å². The predicted molar refractivity (Wildman–Crippen MR) is 61.9 cm³/mol. The maximum atomic E-state index is 13.0. The zero-order valence-electron chi connectivity index (χ0n) is 9.47. The summed E-state index contributed by atoms with van der Waals surface area (Å²) in [5, 5.41) is 10.2. The van der Waals surface area contributed by atoms with Gasteiger partial charge in [0, 0.05) is 18.0 Å². The minimum absolute atomic E-state index is 0.415. The summed E-state index contributed by atoms with van der Waals surface area (Å²) in [5.41, 5.74) is 1.92. The summed E-state index contributed by atoms with van der Waals surface area (Å²) in [5.74, 6) is -0.462. The van der Waals surface area contributed by atoms with Crippen molar-refractivity contribution in [2.75, 3.05) is 0 Å². The molecule has 0 bridgehead atoms. The van der Waals surface area contributed by atoms with Crippen LogP contribution in [-0.2, 0) is 6.42 Å². The van der Waals surface area contributed by atoms with Crippen molar-refractivity contribution in [2.45, 2.75) is 19.4 Å². The number of rotatable bonds is 3. The molecule has 2 heterocycles. The van der Waals surface area contributed by atoms with Gasteiger partial charge in [-0.1, -0.05) is 13.0 Å². The molecule has 1 N–H and O–H groups in total. The number of nitrogens with zero attached hydrogens (tertiary/aromatic N) is 2. The number of aliphatic hydroxyl groups excluding tert-OH is 1. The summed E-state index contributed by atoms with van der Waals surface area (Å²) in [6.45, 7) is 1.98. The highest BCUT2D eigenvalue weighted by Crippen LogP contribution is 2.23. The molecular formula is C13H13FN2O. The Balaban J connectivity index is 2.40. The molecule has 1 atom stereocenters. The van der Waals surface area contributed by atoms with Crippen molar-refractivity contribution in [3.63, 3.8) is 0 Å². The van der Waals surface area contributed by atoms with Gasteiger partial charge in [0.15, 0.2) is 0 Å². The SMILES string of the molecule is CCc1cccnc1C(O)c1cncc(F)c1. The van der Waals surface area contributed by atoms with Crippen molar-refractivity contribution in [3.8, 4) is 0 Å². The molecule has 0 saturated carbocycles. The fourth-order valence-corrected chi connectivity index (χ4v) is 1.73. The largest absolute Gasteiger partial charge is 0.382 e. The van der Waals surface area contributed by atoms with Gasteiger partial charge in [0.1, 0.15) is 11.9 Å². The van der Waals surface area contributed by atoms with Crippen LogP contribution in [0.15, 0.2) is 36.8 Å². The Morgan fingerprint density at radius 1 is 1.41 bits per heavy atom. The monoisotopic (exact) mass is 232 g/mol. The van der Waals surface area contributed by atoms with Crippen LogP contribution in [-0.4, -0.2) is 15.1 Å². The molecule has 4 heteroatoms. The third kappa shape index (κ3) is 2.47. The van der Waals surface area contributed by atoms with Gasteiger partial charge in [0.2, 0.25) is 0 Å². The smallest absolute Gasteiger partial charge is 0.141 e. The highest BCUT2D eigenvalue weighted by Gasteiger charge is 2.15. The summed E-state index contributed by atoms with van der Waals surface area (Å²) < 4.78 is 13.0. The molecule has 0 fully saturated rings. The molecule has 17 heavy (non-hydrogen) atoms. The number of aliphatic hydroxyl groups is 1. The van der Waals surface area contributed by atoms with Gasteiger partial charge in [-0.25, -0.2) is 4.39 Å². The number of pyridine rings is 2. The second-order valence-corrected chi connectivity index (χ2v) is 3.74. The Hall–Kier alpha value is -1.81. The molecule has 1 unspecified atom stereocenters. The van der Waals surface area contributed by atoms with Crippen molar-refractivity contribution < 1.29 is 9.50 Å². The number of hydrogen-bond donors (Lipinski definition) is 1. The van der Waals surface area contributed by atoms with Crippen LogP contribution in [0.1, 0.15) is 29.8 Å². The number of aryl methyl sites for hydroxylation is 1. The van der Waals surface area contributed by atoms with Gasteiger partial charge in [-0.05, 0) is 24.1 Å². The minimum atomic E-state index is -0.936. The third-order valence-electron chi connectivity index (χ3n) is 2.61. The van der Waals surface area contributed by atoms with E-state index in [1.54, 1.807) is 6.20 Å². The first kappa shape index (κ1) is 11.7. The zero-order chi connectivity index (χ0) is 12.3. The maximum absolute atomic E-state index is 13.0. The molecular weight excluding hydrogens is 219 g/mol. The van der Waals surface area contributed by atoms with Gasteiger partial charge in [-0.2, -0.15) is 0 Å². The fraction of sp³-hybridized carbons (Fsp3) is 0.231. The fourth-order valence-electron chi connectivity index (χ4n) is 1.73. The molecule has 88 valence electrons. The summed E-state index contributed by atoms with van der Waals surface area (Å²) in [4.78, 5) is 7.88. The molecule has 0 spiro atoms. The average Bonchev–Trinajstić information content (AvgIpc) is 2.38. The lowest BCUT2D eigenvalue weighted by Gasteiger charge is -2.13. The average molecular weight is 232 g/mol. The molecule has 2 aromatic rings. The highest BCUT2D eigenvalue weighted by molar-refractivity contribution is 5.29. The summed E-state index contributed by atoms with van der Waals surface area (Å²) in [6.07, 6.45) is 4.00. The third-order valence-corrected chi connectivity index (χ3v) is 2.61. The lowest BCUT2D eigenvalue weighted by molar-refractivity contribution is 0.213. The topological polar surface area (TPSA) is 46.0 Å². The maximum Gasteiger partial charge on any atom is 0.141 e. The second-order valence-electron chi connectivity index (χ2n) is 3.74. The Morgan fingerprint density at radius 3 is 2.94 bits per heavy atom. The molecule has 0 aliphatic rings. The van der Waals surface area contributed by atoms with Crippen molar-refractivity contribution in [1.82, 2.24) is 9.97 Å². The van der Waals surface area contributed by atoms with Crippen molar-refractivity contribution in [1.29, 1.82) is 0 Å². The van der Waals surface area contributed by atoms with E-state index >= 15 is 0 Å². The Labute approximate surface area is 99.0 Å². The molecule has 0 aliphatic carbocycles. The van der Waals surface area contributed by atoms with Crippen LogP contribution in [0.5, 0.6) is 0 Å². The first-order chi connectivity index (χ1) is 8.22. The van der Waals surface area contributed by atoms with Crippen molar-refractivity contribution >= 4 is 0 Å². The molecule has 2 rings (SSSR count). The molecule has 0 aliphatic heterocycles. The zero-order valence-corrected chi connectivity index (χ0v) is 9.47. The van der Waals surface area contributed by atoms with E-state index in [0.717, 1.165) is 18.2 Å². The van der Waals surface area contributed by atoms with Gasteiger partial charge in [-0.15, -0.1) is 0 Å². The van der Waals surface area contributed by atoms with Crippen LogP contribution in [0.25, 0.3) is 0 Å². The lowest BCUT2D eigenvalue weighted by atomic mass is 10.0. The Morgan fingerprint density at radius 2 is 2.24 bits per heavy atom. The van der Waals surface area contributed by atoms with E-state index in [1.807, 2.05) is 19.1 Å². The van der Waals surface area contributed by atoms with Gasteiger partial charge in [-0.3, -0.25) is 9.97 Å². The van der Waals surface area contributed by atoms with E-state index in [0.29, 0.717) is 11.3 Å². The van der Waals surface area contributed by atoms with Crippen LogP contribution in [0.4, 0.5) is 4.39 Å². The normalized spacial score (nSPS) is 12.4. The summed E-state index contributed by atoms with van der Waals surface area (Å²) in [7, 11) is 0. The van der Waals surface area contributed by atoms with Crippen molar-refractivity contribution in [3.05, 3.63) is 59.4 Å². The Kier molecular flexibility index (Phi) is 3.44. The molecule has 0 amide bonds. The van der Waals surface area contributed by atoms with Crippen LogP contribution < -0.4 is 0 Å². The molecule has 2 aromatic heterocycles. The van der Waals surface area contributed by atoms with Crippen LogP contribution in [0.2, 0.25) is 0 Å². The van der Waals surface area contributed by atoms with Crippen molar-refractivity contribution in [2.24, 2.45) is 0 Å². The van der Waals surface area contributed by atoms with E-state index < -0.39 is 11.9 Å². The standard InChI is InChI=1S/C13H13FN2O/c1-2-9-4-3-5-16-12(9)13(17)10-6-11(14)8-15-7-10/h3-8,13,17H,2H2,1H3. The number of halogens is 1. The number of hydrogen-bond acceptors (Lipinski definition) is 3. The predicted octanol–water partition coefficient (Wildman–Crippen LogP) is 2.26. The van der Waals surface area contributed by atoms with E-state index in [1.165, 1.54) is 12.3 Å². The molecule has 3 nitrogen and oxygen atoms in total. The van der Waals surface area contributed by atoms with E-state index in [2.05, 4.69) is 9.97 Å². The summed E-state index contributed by atoms with van der Waals surface area (Å²) >= 11 is 0. The lowest BCUT2D eigenvalue weighted by Crippen LogP contribution is -2.06. The van der Waals surface area contributed by atoms with Gasteiger partial charge >= 0.3 is 0 Å². The molecule has 0 saturated heterocycles. The van der Waals surface area contributed by atoms with Gasteiger partial charge in [0.25, 0.3) is 0 Å². The first-order valence-corrected chi connectivity index (χ1v) is 5.44. The van der Waals surface area contributed by atoms with Crippen LogP contribution in [0, 0.1) is 5.82 Å². The highest BCUT2D eigenvalue weighted by atomic mass is 19.1. The number of aromatic nitrogens is 2. The Bertz CT molecular complexity index is 516. The van der Waals surface area contributed by atoms with Gasteiger partial charge < -0.3 is 5.11 Å². The van der Waals surface area contributed by atoms with E-state index in [9.17, 15) is 9.50 Å². The molecule has 0 radical (unpaired) electrons. The van der Waals surface area contributed by atoms with E-state index in [-0.39, 0.29) is 0 Å². The summed E-state index contributed by atoms with van der Waals surface area (Å²) in [6, 6.07) is 4.99. The quantitative estimate of drug-likeness (QED) is 0.882. The second kappa shape index (κ2) is 5.01.